The molecule has 5 heteroatoms. The summed E-state index contributed by atoms with van der Waals surface area (Å²) < 4.78 is 7.29. The molecule has 0 spiro atoms. The van der Waals surface area contributed by atoms with Crippen molar-refractivity contribution in [3.05, 3.63) is 49.1 Å². The van der Waals surface area contributed by atoms with Crippen LogP contribution in [-0.4, -0.2) is 11.4 Å². The Balaban J connectivity index is 2.28. The van der Waals surface area contributed by atoms with E-state index in [-0.39, 0.29) is 5.75 Å². The summed E-state index contributed by atoms with van der Waals surface area (Å²) in [6.45, 7) is 0. The summed E-state index contributed by atoms with van der Waals surface area (Å²) in [6, 6.07) is 10.2. The van der Waals surface area contributed by atoms with E-state index in [1.165, 1.54) is 0 Å². The smallest absolute Gasteiger partial charge is 0.150 e. The van der Waals surface area contributed by atoms with Crippen LogP contribution < -0.4 is 4.74 Å². The van der Waals surface area contributed by atoms with Gasteiger partial charge in [0.25, 0.3) is 0 Å². The highest BCUT2D eigenvalue weighted by Gasteiger charge is 2.06. The molecule has 0 radical (unpaired) electrons. The van der Waals surface area contributed by atoms with Crippen molar-refractivity contribution < 1.29 is 14.6 Å². The summed E-state index contributed by atoms with van der Waals surface area (Å²) in [6.07, 6.45) is 0.801. The summed E-state index contributed by atoms with van der Waals surface area (Å²) in [7, 11) is 0. The number of aromatic hydroxyl groups is 1. The van der Waals surface area contributed by atoms with E-state index in [0.717, 1.165) is 13.4 Å². The van der Waals surface area contributed by atoms with Crippen LogP contribution in [-0.2, 0) is 0 Å². The molecule has 3 nitrogen and oxygen atoms in total. The van der Waals surface area contributed by atoms with E-state index < -0.39 is 0 Å². The minimum atomic E-state index is 0.231. The zero-order valence-corrected chi connectivity index (χ0v) is 13.4. The maximum Gasteiger partial charge on any atom is 0.150 e. The van der Waals surface area contributed by atoms with Crippen LogP contribution in [0, 0.1) is 7.14 Å². The third-order valence-corrected chi connectivity index (χ3v) is 3.95. The lowest BCUT2D eigenvalue weighted by Gasteiger charge is -2.09. The molecule has 1 N–H and O–H groups in total. The number of carbonyl (C=O) groups is 1. The lowest BCUT2D eigenvalue weighted by atomic mass is 10.2. The van der Waals surface area contributed by atoms with Crippen molar-refractivity contribution in [2.45, 2.75) is 0 Å². The minimum Gasteiger partial charge on any atom is -0.507 e. The first kappa shape index (κ1) is 13.6. The molecule has 0 aliphatic carbocycles. The number of halogens is 2. The number of hydrogen-bond donors (Lipinski definition) is 1. The fourth-order valence-corrected chi connectivity index (χ4v) is 2.49. The first-order valence-corrected chi connectivity index (χ1v) is 7.17. The molecule has 0 heterocycles. The molecule has 2 aromatic carbocycles. The van der Waals surface area contributed by atoms with E-state index in [9.17, 15) is 9.90 Å². The zero-order chi connectivity index (χ0) is 13.1. The first-order valence-electron chi connectivity index (χ1n) is 5.01. The van der Waals surface area contributed by atoms with Gasteiger partial charge in [-0.2, -0.15) is 0 Å². The van der Waals surface area contributed by atoms with E-state index in [2.05, 4.69) is 22.6 Å². The number of rotatable bonds is 3. The highest BCUT2D eigenvalue weighted by atomic mass is 127. The van der Waals surface area contributed by atoms with Crippen LogP contribution in [0.25, 0.3) is 0 Å². The fraction of sp³-hybridized carbons (Fsp3) is 0. The third kappa shape index (κ3) is 3.14. The van der Waals surface area contributed by atoms with Crippen LogP contribution in [0.3, 0.4) is 0 Å². The summed E-state index contributed by atoms with van der Waals surface area (Å²) >= 11 is 4.15. The van der Waals surface area contributed by atoms with Crippen molar-refractivity contribution in [2.75, 3.05) is 0 Å². The van der Waals surface area contributed by atoms with Gasteiger partial charge in [-0.05, 0) is 81.6 Å². The Kier molecular flexibility index (Phi) is 4.44. The molecule has 0 saturated carbocycles. The van der Waals surface area contributed by atoms with Crippen LogP contribution >= 0.6 is 45.2 Å². The molecule has 0 amide bonds. The molecule has 0 unspecified atom stereocenters. The second kappa shape index (κ2) is 5.87. The quantitative estimate of drug-likeness (QED) is 0.545. The van der Waals surface area contributed by atoms with Crippen LogP contribution in [0.4, 0.5) is 0 Å². The van der Waals surface area contributed by atoms with E-state index in [0.29, 0.717) is 17.1 Å². The number of aldehydes is 1. The van der Waals surface area contributed by atoms with E-state index in [1.54, 1.807) is 36.4 Å². The van der Waals surface area contributed by atoms with E-state index in [4.69, 9.17) is 4.74 Å². The normalized spacial score (nSPS) is 10.1. The van der Waals surface area contributed by atoms with Crippen LogP contribution in [0.1, 0.15) is 10.4 Å². The Morgan fingerprint density at radius 1 is 1.06 bits per heavy atom. The van der Waals surface area contributed by atoms with Gasteiger partial charge < -0.3 is 9.84 Å². The lowest BCUT2D eigenvalue weighted by molar-refractivity contribution is 0.112. The van der Waals surface area contributed by atoms with E-state index in [1.807, 2.05) is 22.6 Å². The number of hydrogen-bond acceptors (Lipinski definition) is 3. The molecule has 92 valence electrons. The molecule has 2 rings (SSSR count). The molecule has 0 atom stereocenters. The summed E-state index contributed by atoms with van der Waals surface area (Å²) in [5, 5.41) is 9.43. The molecular weight excluding hydrogens is 458 g/mol. The lowest BCUT2D eigenvalue weighted by Crippen LogP contribution is -1.90. The molecule has 18 heavy (non-hydrogen) atoms. The summed E-state index contributed by atoms with van der Waals surface area (Å²) in [5.41, 5.74) is 0.618. The Hall–Kier alpha value is -0.830. The number of phenolic OH excluding ortho intramolecular Hbond substituents is 1. The zero-order valence-electron chi connectivity index (χ0n) is 9.06. The maximum atomic E-state index is 10.6. The monoisotopic (exact) mass is 466 g/mol. The Morgan fingerprint density at radius 3 is 2.44 bits per heavy atom. The van der Waals surface area contributed by atoms with E-state index >= 15 is 0 Å². The molecule has 0 saturated heterocycles. The maximum absolute atomic E-state index is 10.6. The predicted molar refractivity (Wildman–Crippen MR) is 85.4 cm³/mol. The van der Waals surface area contributed by atoms with Crippen molar-refractivity contribution in [1.29, 1.82) is 0 Å². The fourth-order valence-electron chi connectivity index (χ4n) is 1.35. The van der Waals surface area contributed by atoms with Gasteiger partial charge in [-0.1, -0.05) is 0 Å². The predicted octanol–water partition coefficient (Wildman–Crippen LogP) is 4.21. The summed E-state index contributed by atoms with van der Waals surface area (Å²) in [5.74, 6) is 1.56. The van der Waals surface area contributed by atoms with Gasteiger partial charge in [0, 0.05) is 5.56 Å². The Morgan fingerprint density at radius 2 is 1.83 bits per heavy atom. The van der Waals surface area contributed by atoms with Crippen molar-refractivity contribution in [1.82, 2.24) is 0 Å². The SMILES string of the molecule is O=Cc1ccc(Oc2ccc(O)c(I)c2)c(I)c1. The van der Waals surface area contributed by atoms with Gasteiger partial charge in [0.05, 0.1) is 7.14 Å². The minimum absolute atomic E-state index is 0.231. The van der Waals surface area contributed by atoms with Crippen LogP contribution in [0.2, 0.25) is 0 Å². The van der Waals surface area contributed by atoms with Crippen molar-refractivity contribution in [3.8, 4) is 17.2 Å². The highest BCUT2D eigenvalue weighted by molar-refractivity contribution is 14.1. The molecule has 0 fully saturated rings. The topological polar surface area (TPSA) is 46.5 Å². The first-order chi connectivity index (χ1) is 8.60. The number of benzene rings is 2. The van der Waals surface area contributed by atoms with Gasteiger partial charge in [0.15, 0.2) is 0 Å². The molecular formula is C13H8I2O3. The number of ether oxygens (including phenoxy) is 1. The third-order valence-electron chi connectivity index (χ3n) is 2.24. The van der Waals surface area contributed by atoms with Gasteiger partial charge >= 0.3 is 0 Å². The standard InChI is InChI=1S/C13H8I2O3/c14-10-6-9(2-3-12(10)17)18-13-4-1-8(7-16)5-11(13)15/h1-7,17H. The van der Waals surface area contributed by atoms with Gasteiger partial charge in [0.2, 0.25) is 0 Å². The second-order valence-corrected chi connectivity index (χ2v) is 5.85. The van der Waals surface area contributed by atoms with Crippen LogP contribution in [0.15, 0.2) is 36.4 Å². The van der Waals surface area contributed by atoms with Crippen LogP contribution in [0.5, 0.6) is 17.2 Å². The molecule has 2 aromatic rings. The molecule has 0 aliphatic heterocycles. The molecule has 0 aliphatic rings. The molecule has 0 bridgehead atoms. The van der Waals surface area contributed by atoms with Gasteiger partial charge in [-0.15, -0.1) is 0 Å². The largest absolute Gasteiger partial charge is 0.507 e. The Labute approximate surface area is 131 Å². The number of phenols is 1. The van der Waals surface area contributed by atoms with Crippen molar-refractivity contribution in [2.24, 2.45) is 0 Å². The summed E-state index contributed by atoms with van der Waals surface area (Å²) in [4.78, 5) is 10.6. The van der Waals surface area contributed by atoms with Crippen molar-refractivity contribution >= 4 is 51.5 Å². The second-order valence-electron chi connectivity index (χ2n) is 3.52. The van der Waals surface area contributed by atoms with Gasteiger partial charge in [0.1, 0.15) is 23.5 Å². The molecule has 0 aromatic heterocycles. The average Bonchev–Trinajstić information content (AvgIpc) is 2.36. The average molecular weight is 466 g/mol. The van der Waals surface area contributed by atoms with Gasteiger partial charge in [-0.3, -0.25) is 4.79 Å². The van der Waals surface area contributed by atoms with Crippen molar-refractivity contribution in [3.63, 3.8) is 0 Å². The number of carbonyl (C=O) groups excluding carboxylic acids is 1. The Bertz CT molecular complexity index is 597. The highest BCUT2D eigenvalue weighted by Crippen LogP contribution is 2.30. The van der Waals surface area contributed by atoms with Gasteiger partial charge in [-0.25, -0.2) is 0 Å².